The summed E-state index contributed by atoms with van der Waals surface area (Å²) in [4.78, 5) is 37.2. The third-order valence-corrected chi connectivity index (χ3v) is 5.20. The van der Waals surface area contributed by atoms with Crippen molar-refractivity contribution >= 4 is 17.5 Å². The summed E-state index contributed by atoms with van der Waals surface area (Å²) in [6.07, 6.45) is 4.82. The van der Waals surface area contributed by atoms with Crippen LogP contribution < -0.4 is 10.2 Å². The van der Waals surface area contributed by atoms with E-state index in [-0.39, 0.29) is 17.5 Å². The van der Waals surface area contributed by atoms with Crippen LogP contribution in [0.2, 0.25) is 0 Å². The Labute approximate surface area is 192 Å². The molecule has 0 radical (unpaired) electrons. The highest BCUT2D eigenvalue weighted by Gasteiger charge is 2.34. The number of aromatic nitrogens is 2. The van der Waals surface area contributed by atoms with E-state index in [1.807, 2.05) is 61.5 Å². The quantitative estimate of drug-likeness (QED) is 0.463. The number of hydrogen-bond donors (Lipinski definition) is 1. The summed E-state index contributed by atoms with van der Waals surface area (Å²) in [5.74, 6) is -0.678. The third kappa shape index (κ3) is 5.30. The molecular formula is C27H24N4O2. The van der Waals surface area contributed by atoms with E-state index in [4.69, 9.17) is 0 Å². The highest BCUT2D eigenvalue weighted by molar-refractivity contribution is 6.09. The average Bonchev–Trinajstić information content (AvgIpc) is 2.87. The van der Waals surface area contributed by atoms with Crippen molar-refractivity contribution in [1.29, 1.82) is 0 Å². The van der Waals surface area contributed by atoms with Gasteiger partial charge in [0.25, 0.3) is 5.91 Å². The highest BCUT2D eigenvalue weighted by Crippen LogP contribution is 2.30. The molecule has 0 aliphatic carbocycles. The monoisotopic (exact) mass is 436 g/mol. The van der Waals surface area contributed by atoms with Crippen LogP contribution in [0.1, 0.15) is 33.2 Å². The lowest BCUT2D eigenvalue weighted by molar-refractivity contribution is -0.122. The fourth-order valence-corrected chi connectivity index (χ4v) is 3.61. The van der Waals surface area contributed by atoms with Crippen molar-refractivity contribution in [3.8, 4) is 0 Å². The van der Waals surface area contributed by atoms with Gasteiger partial charge in [-0.05, 0) is 48.4 Å². The molecule has 1 atom stereocenters. The van der Waals surface area contributed by atoms with Gasteiger partial charge in [-0.3, -0.25) is 24.5 Å². The molecule has 0 aliphatic heterocycles. The molecule has 2 heterocycles. The summed E-state index contributed by atoms with van der Waals surface area (Å²) in [7, 11) is 0. The van der Waals surface area contributed by atoms with Crippen molar-refractivity contribution in [2.24, 2.45) is 0 Å². The first-order valence-electron chi connectivity index (χ1n) is 10.7. The van der Waals surface area contributed by atoms with Gasteiger partial charge < -0.3 is 5.32 Å². The number of hydrogen-bond acceptors (Lipinski definition) is 4. The fraction of sp³-hybridized carbons (Fsp3) is 0.111. The predicted molar refractivity (Wildman–Crippen MR) is 127 cm³/mol. The Morgan fingerprint density at radius 1 is 0.909 bits per heavy atom. The normalized spacial score (nSPS) is 11.4. The molecule has 6 nitrogen and oxygen atoms in total. The fourth-order valence-electron chi connectivity index (χ4n) is 3.61. The number of nitrogens with one attached hydrogen (secondary N) is 1. The molecule has 0 bridgehead atoms. The molecule has 1 unspecified atom stereocenters. The summed E-state index contributed by atoms with van der Waals surface area (Å²) in [6.45, 7) is 2.29. The van der Waals surface area contributed by atoms with E-state index in [1.165, 1.54) is 4.90 Å². The van der Waals surface area contributed by atoms with Crippen LogP contribution in [0.15, 0.2) is 104 Å². The highest BCUT2D eigenvalue weighted by atomic mass is 16.2. The van der Waals surface area contributed by atoms with E-state index < -0.39 is 6.04 Å². The number of carbonyl (C=O) groups is 2. The standard InChI is InChI=1S/C27H24N4O2/c1-20-9-7-13-23(17-20)31(27(33)24-14-5-6-16-29-24)25(22-12-8-15-28-19-22)26(32)30-18-21-10-3-2-4-11-21/h2-17,19,25H,18H2,1H3,(H,30,32). The second kappa shape index (κ2) is 10.3. The van der Waals surface area contributed by atoms with Crippen molar-refractivity contribution in [2.75, 3.05) is 4.90 Å². The first kappa shape index (κ1) is 21.9. The molecule has 1 N–H and O–H groups in total. The maximum absolute atomic E-state index is 13.7. The molecule has 0 fully saturated rings. The van der Waals surface area contributed by atoms with Gasteiger partial charge in [0.05, 0.1) is 0 Å². The van der Waals surface area contributed by atoms with E-state index in [9.17, 15) is 9.59 Å². The zero-order valence-corrected chi connectivity index (χ0v) is 18.3. The zero-order chi connectivity index (χ0) is 23.0. The third-order valence-electron chi connectivity index (χ3n) is 5.20. The Balaban J connectivity index is 1.77. The second-order valence-corrected chi connectivity index (χ2v) is 7.62. The van der Waals surface area contributed by atoms with Gasteiger partial charge in [0.2, 0.25) is 5.91 Å². The van der Waals surface area contributed by atoms with E-state index in [0.717, 1.165) is 11.1 Å². The molecule has 0 saturated carbocycles. The first-order chi connectivity index (χ1) is 16.1. The number of anilines is 1. The molecule has 2 aromatic heterocycles. The lowest BCUT2D eigenvalue weighted by Gasteiger charge is -2.31. The predicted octanol–water partition coefficient (Wildman–Crippen LogP) is 4.49. The van der Waals surface area contributed by atoms with Gasteiger partial charge in [0.1, 0.15) is 11.7 Å². The molecule has 33 heavy (non-hydrogen) atoms. The number of benzene rings is 2. The summed E-state index contributed by atoms with van der Waals surface area (Å²) < 4.78 is 0. The second-order valence-electron chi connectivity index (χ2n) is 7.62. The molecule has 0 spiro atoms. The number of aryl methyl sites for hydroxylation is 1. The van der Waals surface area contributed by atoms with E-state index in [2.05, 4.69) is 15.3 Å². The summed E-state index contributed by atoms with van der Waals surface area (Å²) in [6, 6.07) is 24.9. The lowest BCUT2D eigenvalue weighted by Crippen LogP contribution is -2.44. The van der Waals surface area contributed by atoms with Gasteiger partial charge in [-0.25, -0.2) is 0 Å². The van der Waals surface area contributed by atoms with E-state index in [0.29, 0.717) is 17.8 Å². The molecule has 6 heteroatoms. The van der Waals surface area contributed by atoms with Crippen molar-refractivity contribution in [1.82, 2.24) is 15.3 Å². The number of rotatable bonds is 7. The smallest absolute Gasteiger partial charge is 0.277 e. The summed E-state index contributed by atoms with van der Waals surface area (Å²) in [5.41, 5.74) is 3.40. The molecule has 0 aliphatic rings. The number of carbonyl (C=O) groups excluding carboxylic acids is 2. The molecular weight excluding hydrogens is 412 g/mol. The number of nitrogens with zero attached hydrogens (tertiary/aromatic N) is 3. The Morgan fingerprint density at radius 3 is 2.42 bits per heavy atom. The molecule has 4 rings (SSSR count). The van der Waals surface area contributed by atoms with Crippen LogP contribution >= 0.6 is 0 Å². The Hall–Kier alpha value is -4.32. The molecule has 164 valence electrons. The van der Waals surface area contributed by atoms with Crippen molar-refractivity contribution in [3.63, 3.8) is 0 Å². The number of pyridine rings is 2. The van der Waals surface area contributed by atoms with Gasteiger partial charge >= 0.3 is 0 Å². The van der Waals surface area contributed by atoms with Crippen molar-refractivity contribution < 1.29 is 9.59 Å². The molecule has 4 aromatic rings. The molecule has 2 aromatic carbocycles. The maximum atomic E-state index is 13.7. The van der Waals surface area contributed by atoms with Crippen LogP contribution in [-0.4, -0.2) is 21.8 Å². The van der Waals surface area contributed by atoms with Gasteiger partial charge in [-0.1, -0.05) is 54.6 Å². The van der Waals surface area contributed by atoms with Crippen molar-refractivity contribution in [2.45, 2.75) is 19.5 Å². The Kier molecular flexibility index (Phi) is 6.85. The minimum atomic E-state index is -0.932. The SMILES string of the molecule is Cc1cccc(N(C(=O)c2ccccn2)C(C(=O)NCc2ccccc2)c2cccnc2)c1. The minimum Gasteiger partial charge on any atom is -0.350 e. The van der Waals surface area contributed by atoms with Gasteiger partial charge in [-0.2, -0.15) is 0 Å². The molecule has 2 amide bonds. The van der Waals surface area contributed by atoms with Crippen LogP contribution in [0.3, 0.4) is 0 Å². The maximum Gasteiger partial charge on any atom is 0.277 e. The van der Waals surface area contributed by atoms with Crippen molar-refractivity contribution in [3.05, 3.63) is 126 Å². The van der Waals surface area contributed by atoms with E-state index >= 15 is 0 Å². The average molecular weight is 437 g/mol. The Bertz CT molecular complexity index is 1210. The Morgan fingerprint density at radius 2 is 1.73 bits per heavy atom. The zero-order valence-electron chi connectivity index (χ0n) is 18.3. The minimum absolute atomic E-state index is 0.253. The van der Waals surface area contributed by atoms with Crippen LogP contribution in [0, 0.1) is 6.92 Å². The topological polar surface area (TPSA) is 75.2 Å². The van der Waals surface area contributed by atoms with Gasteiger partial charge in [0, 0.05) is 36.4 Å². The van der Waals surface area contributed by atoms with Crippen LogP contribution in [0.5, 0.6) is 0 Å². The van der Waals surface area contributed by atoms with Crippen LogP contribution in [0.25, 0.3) is 0 Å². The van der Waals surface area contributed by atoms with Crippen LogP contribution in [-0.2, 0) is 11.3 Å². The summed E-state index contributed by atoms with van der Waals surface area (Å²) >= 11 is 0. The summed E-state index contributed by atoms with van der Waals surface area (Å²) in [5, 5.41) is 2.99. The molecule has 0 saturated heterocycles. The first-order valence-corrected chi connectivity index (χ1v) is 10.7. The van der Waals surface area contributed by atoms with Gasteiger partial charge in [0.15, 0.2) is 0 Å². The number of amides is 2. The van der Waals surface area contributed by atoms with Crippen LogP contribution in [0.4, 0.5) is 5.69 Å². The largest absolute Gasteiger partial charge is 0.350 e. The lowest BCUT2D eigenvalue weighted by atomic mass is 10.0. The van der Waals surface area contributed by atoms with E-state index in [1.54, 1.807) is 48.9 Å². The van der Waals surface area contributed by atoms with Gasteiger partial charge in [-0.15, -0.1) is 0 Å².